The summed E-state index contributed by atoms with van der Waals surface area (Å²) in [6.45, 7) is 0. The van der Waals surface area contributed by atoms with Crippen LogP contribution in [0.1, 0.15) is 10.4 Å². The van der Waals surface area contributed by atoms with Crippen LogP contribution >= 0.6 is 11.6 Å². The predicted molar refractivity (Wildman–Crippen MR) is 108 cm³/mol. The molecule has 10 nitrogen and oxygen atoms in total. The van der Waals surface area contributed by atoms with E-state index in [9.17, 15) is 14.9 Å². The van der Waals surface area contributed by atoms with Crippen LogP contribution in [-0.4, -0.2) is 27.9 Å². The molecule has 11 heteroatoms. The molecule has 3 aromatic rings. The lowest BCUT2D eigenvalue weighted by Gasteiger charge is -2.11. The fourth-order valence-corrected chi connectivity index (χ4v) is 2.46. The molecule has 0 saturated heterocycles. The molecule has 0 radical (unpaired) electrons. The smallest absolute Gasteiger partial charge is 0.355 e. The lowest BCUT2D eigenvalue weighted by molar-refractivity contribution is -0.383. The first kappa shape index (κ1) is 19.8. The van der Waals surface area contributed by atoms with Crippen molar-refractivity contribution < 1.29 is 14.5 Å². The first-order chi connectivity index (χ1) is 14.0. The largest absolute Gasteiger partial charge is 0.497 e. The molecular formula is C18H15ClN6O4. The van der Waals surface area contributed by atoms with Gasteiger partial charge in [0.1, 0.15) is 12.1 Å². The van der Waals surface area contributed by atoms with Gasteiger partial charge in [-0.3, -0.25) is 25.8 Å². The molecule has 0 unspecified atom stereocenters. The molecule has 1 aromatic heterocycles. The molecule has 0 atom stereocenters. The highest BCUT2D eigenvalue weighted by atomic mass is 35.5. The summed E-state index contributed by atoms with van der Waals surface area (Å²) in [7, 11) is 1.51. The summed E-state index contributed by atoms with van der Waals surface area (Å²) in [5.74, 6) is -0.136. The second-order valence-electron chi connectivity index (χ2n) is 5.62. The Morgan fingerprint density at radius 2 is 1.72 bits per heavy atom. The molecule has 148 valence electrons. The number of aromatic nitrogens is 2. The maximum absolute atomic E-state index is 12.3. The van der Waals surface area contributed by atoms with E-state index in [1.54, 1.807) is 48.5 Å². The van der Waals surface area contributed by atoms with Crippen molar-refractivity contribution in [3.05, 3.63) is 75.6 Å². The standard InChI is InChI=1S/C18H15ClN6O4/c1-29-14-8-2-11(3-9-14)18(26)24-23-17-15(25(27)28)16(20-10-21-17)22-13-6-4-12(19)5-7-13/h2-10H,1H3,(H,24,26)(H2,20,21,22,23). The summed E-state index contributed by atoms with van der Waals surface area (Å²) in [5, 5.41) is 14.9. The van der Waals surface area contributed by atoms with Crippen LogP contribution in [0.15, 0.2) is 54.9 Å². The fourth-order valence-electron chi connectivity index (χ4n) is 2.34. The van der Waals surface area contributed by atoms with Crippen molar-refractivity contribution in [2.24, 2.45) is 0 Å². The van der Waals surface area contributed by atoms with Gasteiger partial charge in [-0.05, 0) is 48.5 Å². The molecular weight excluding hydrogens is 400 g/mol. The summed E-state index contributed by atoms with van der Waals surface area (Å²) >= 11 is 5.84. The van der Waals surface area contributed by atoms with E-state index in [1.165, 1.54) is 7.11 Å². The van der Waals surface area contributed by atoms with Crippen LogP contribution in [0.3, 0.4) is 0 Å². The summed E-state index contributed by atoms with van der Waals surface area (Å²) in [6.07, 6.45) is 1.13. The van der Waals surface area contributed by atoms with Gasteiger partial charge in [-0.15, -0.1) is 0 Å². The minimum absolute atomic E-state index is 0.0477. The van der Waals surface area contributed by atoms with Crippen LogP contribution in [0.2, 0.25) is 5.02 Å². The summed E-state index contributed by atoms with van der Waals surface area (Å²) < 4.78 is 5.04. The van der Waals surface area contributed by atoms with E-state index >= 15 is 0 Å². The lowest BCUT2D eigenvalue weighted by Crippen LogP contribution is -2.30. The van der Waals surface area contributed by atoms with Crippen molar-refractivity contribution >= 4 is 40.5 Å². The van der Waals surface area contributed by atoms with Gasteiger partial charge >= 0.3 is 5.69 Å². The summed E-state index contributed by atoms with van der Waals surface area (Å²) in [6, 6.07) is 12.9. The van der Waals surface area contributed by atoms with E-state index in [-0.39, 0.29) is 11.6 Å². The third-order valence-corrected chi connectivity index (χ3v) is 4.01. The highest BCUT2D eigenvalue weighted by molar-refractivity contribution is 6.30. The third kappa shape index (κ3) is 4.87. The van der Waals surface area contributed by atoms with Gasteiger partial charge in [-0.25, -0.2) is 9.97 Å². The van der Waals surface area contributed by atoms with Crippen molar-refractivity contribution in [3.63, 3.8) is 0 Å². The van der Waals surface area contributed by atoms with E-state index < -0.39 is 16.5 Å². The Morgan fingerprint density at radius 3 is 2.34 bits per heavy atom. The van der Waals surface area contributed by atoms with Crippen LogP contribution in [0.25, 0.3) is 0 Å². The van der Waals surface area contributed by atoms with Crippen molar-refractivity contribution in [2.75, 3.05) is 17.9 Å². The molecule has 1 amide bonds. The normalized spacial score (nSPS) is 10.1. The van der Waals surface area contributed by atoms with Crippen molar-refractivity contribution in [1.29, 1.82) is 0 Å². The molecule has 3 rings (SSSR count). The number of methoxy groups -OCH3 is 1. The van der Waals surface area contributed by atoms with Crippen LogP contribution in [-0.2, 0) is 0 Å². The molecule has 3 N–H and O–H groups in total. The van der Waals surface area contributed by atoms with Gasteiger partial charge in [-0.1, -0.05) is 11.6 Å². The zero-order valence-electron chi connectivity index (χ0n) is 15.0. The molecule has 0 saturated carbocycles. The van der Waals surface area contributed by atoms with Crippen molar-refractivity contribution in [2.45, 2.75) is 0 Å². The summed E-state index contributed by atoms with van der Waals surface area (Å²) in [5.41, 5.74) is 5.29. The number of nitro groups is 1. The highest BCUT2D eigenvalue weighted by Gasteiger charge is 2.23. The number of benzene rings is 2. The Morgan fingerprint density at radius 1 is 1.07 bits per heavy atom. The Balaban J connectivity index is 1.78. The van der Waals surface area contributed by atoms with Crippen LogP contribution in [0.5, 0.6) is 5.75 Å². The number of rotatable bonds is 7. The molecule has 0 aliphatic heterocycles. The maximum atomic E-state index is 12.3. The topological polar surface area (TPSA) is 131 Å². The average Bonchev–Trinajstić information content (AvgIpc) is 2.73. The third-order valence-electron chi connectivity index (χ3n) is 3.76. The molecule has 0 aliphatic rings. The minimum Gasteiger partial charge on any atom is -0.497 e. The monoisotopic (exact) mass is 414 g/mol. The molecule has 2 aromatic carbocycles. The number of hydrazine groups is 1. The lowest BCUT2D eigenvalue weighted by atomic mass is 10.2. The van der Waals surface area contributed by atoms with E-state index in [2.05, 4.69) is 26.1 Å². The van der Waals surface area contributed by atoms with Crippen LogP contribution < -0.4 is 20.9 Å². The number of hydrogen-bond acceptors (Lipinski definition) is 8. The van der Waals surface area contributed by atoms with Gasteiger partial charge in [0.05, 0.1) is 12.0 Å². The zero-order chi connectivity index (χ0) is 20.8. The zero-order valence-corrected chi connectivity index (χ0v) is 15.8. The average molecular weight is 415 g/mol. The predicted octanol–water partition coefficient (Wildman–Crippen LogP) is 3.55. The van der Waals surface area contributed by atoms with Gasteiger partial charge in [0.2, 0.25) is 11.6 Å². The molecule has 0 spiro atoms. The quantitative estimate of drug-likeness (QED) is 0.395. The van der Waals surface area contributed by atoms with Crippen molar-refractivity contribution in [3.8, 4) is 5.75 Å². The number of halogens is 1. The second-order valence-corrected chi connectivity index (χ2v) is 6.05. The van der Waals surface area contributed by atoms with Gasteiger partial charge < -0.3 is 10.1 Å². The number of nitrogens with one attached hydrogen (secondary N) is 3. The number of carbonyl (C=O) groups is 1. The van der Waals surface area contributed by atoms with Gasteiger partial charge in [0.15, 0.2) is 0 Å². The molecule has 1 heterocycles. The fraction of sp³-hybridized carbons (Fsp3) is 0.0556. The molecule has 29 heavy (non-hydrogen) atoms. The van der Waals surface area contributed by atoms with E-state index in [1.807, 2.05) is 0 Å². The number of nitrogens with zero attached hydrogens (tertiary/aromatic N) is 3. The number of ether oxygens (including phenoxy) is 1. The molecule has 0 aliphatic carbocycles. The number of carbonyl (C=O) groups excluding carboxylic acids is 1. The SMILES string of the molecule is COc1ccc(C(=O)NNc2ncnc(Nc3ccc(Cl)cc3)c2[N+](=O)[O-])cc1. The van der Waals surface area contributed by atoms with E-state index in [0.717, 1.165) is 6.33 Å². The first-order valence-electron chi connectivity index (χ1n) is 8.20. The number of hydrogen-bond donors (Lipinski definition) is 3. The number of anilines is 3. The molecule has 0 fully saturated rings. The van der Waals surface area contributed by atoms with Crippen LogP contribution in [0, 0.1) is 10.1 Å². The Hall–Kier alpha value is -3.92. The maximum Gasteiger partial charge on any atom is 0.355 e. The second kappa shape index (κ2) is 8.85. The number of amides is 1. The molecule has 0 bridgehead atoms. The Kier molecular flexibility index (Phi) is 6.05. The van der Waals surface area contributed by atoms with Crippen molar-refractivity contribution in [1.82, 2.24) is 15.4 Å². The van der Waals surface area contributed by atoms with Crippen LogP contribution in [0.4, 0.5) is 23.0 Å². The van der Waals surface area contributed by atoms with Gasteiger partial charge in [0, 0.05) is 16.3 Å². The van der Waals surface area contributed by atoms with E-state index in [0.29, 0.717) is 22.0 Å². The Labute approximate surface area is 170 Å². The van der Waals surface area contributed by atoms with E-state index in [4.69, 9.17) is 16.3 Å². The highest BCUT2D eigenvalue weighted by Crippen LogP contribution is 2.31. The summed E-state index contributed by atoms with van der Waals surface area (Å²) in [4.78, 5) is 30.9. The van der Waals surface area contributed by atoms with Gasteiger partial charge in [-0.2, -0.15) is 0 Å². The first-order valence-corrected chi connectivity index (χ1v) is 8.58. The van der Waals surface area contributed by atoms with Gasteiger partial charge in [0.25, 0.3) is 5.91 Å². The Bertz CT molecular complexity index is 1030. The minimum atomic E-state index is -0.653.